The molecule has 3 rings (SSSR count). The van der Waals surface area contributed by atoms with Crippen LogP contribution in [-0.2, 0) is 14.6 Å². The van der Waals surface area contributed by atoms with E-state index in [0.29, 0.717) is 25.1 Å². The Hall–Kier alpha value is -1.76. The van der Waals surface area contributed by atoms with Gasteiger partial charge in [-0.2, -0.15) is 0 Å². The van der Waals surface area contributed by atoms with E-state index in [-0.39, 0.29) is 23.5 Å². The molecule has 21 heavy (non-hydrogen) atoms. The van der Waals surface area contributed by atoms with E-state index in [0.717, 1.165) is 5.69 Å². The normalized spacial score (nSPS) is 26.9. The zero-order valence-corrected chi connectivity index (χ0v) is 12.4. The first-order valence-electron chi connectivity index (χ1n) is 7.04. The lowest BCUT2D eigenvalue weighted by Crippen LogP contribution is -2.51. The topological polar surface area (TPSA) is 84.5 Å². The second kappa shape index (κ2) is 5.55. The maximum atomic E-state index is 12.2. The van der Waals surface area contributed by atoms with E-state index in [2.05, 4.69) is 10.6 Å². The highest BCUT2D eigenvalue weighted by Gasteiger charge is 2.30. The SMILES string of the molecule is O=C(NC1CCCS(=O)(=O)C1)C1CNc2ccccc2O1. The summed E-state index contributed by atoms with van der Waals surface area (Å²) in [4.78, 5) is 12.2. The van der Waals surface area contributed by atoms with Crippen LogP contribution < -0.4 is 15.4 Å². The van der Waals surface area contributed by atoms with E-state index >= 15 is 0 Å². The van der Waals surface area contributed by atoms with Gasteiger partial charge >= 0.3 is 0 Å². The molecule has 2 aliphatic heterocycles. The van der Waals surface area contributed by atoms with Crippen LogP contribution in [0.3, 0.4) is 0 Å². The maximum Gasteiger partial charge on any atom is 0.263 e. The van der Waals surface area contributed by atoms with E-state index < -0.39 is 15.9 Å². The van der Waals surface area contributed by atoms with E-state index in [9.17, 15) is 13.2 Å². The Labute approximate surface area is 123 Å². The van der Waals surface area contributed by atoms with Crippen molar-refractivity contribution in [1.29, 1.82) is 0 Å². The maximum absolute atomic E-state index is 12.2. The largest absolute Gasteiger partial charge is 0.477 e. The molecule has 1 aromatic carbocycles. The lowest BCUT2D eigenvalue weighted by molar-refractivity contribution is -0.128. The summed E-state index contributed by atoms with van der Waals surface area (Å²) in [5.74, 6) is 0.614. The van der Waals surface area contributed by atoms with Crippen molar-refractivity contribution >= 4 is 21.4 Å². The standard InChI is InChI=1S/C14H18N2O4S/c17-14(16-10-4-3-7-21(18,19)9-10)13-8-15-11-5-1-2-6-12(11)20-13/h1-2,5-6,10,13,15H,3-4,7-9H2,(H,16,17). The van der Waals surface area contributed by atoms with Gasteiger partial charge in [-0.15, -0.1) is 0 Å². The first-order chi connectivity index (χ1) is 10.0. The Bertz CT molecular complexity index is 644. The Morgan fingerprint density at radius 3 is 2.95 bits per heavy atom. The molecule has 1 saturated heterocycles. The van der Waals surface area contributed by atoms with Crippen LogP contribution in [0.25, 0.3) is 0 Å². The van der Waals surface area contributed by atoms with Gasteiger partial charge in [0.1, 0.15) is 5.75 Å². The lowest BCUT2D eigenvalue weighted by Gasteiger charge is -2.29. The Kier molecular flexibility index (Phi) is 3.75. The van der Waals surface area contributed by atoms with E-state index in [1.54, 1.807) is 6.07 Å². The summed E-state index contributed by atoms with van der Waals surface area (Å²) < 4.78 is 28.8. The minimum absolute atomic E-state index is 0.0233. The molecule has 1 aromatic rings. The van der Waals surface area contributed by atoms with E-state index in [1.807, 2.05) is 18.2 Å². The molecule has 0 bridgehead atoms. The van der Waals surface area contributed by atoms with Crippen LogP contribution in [0.4, 0.5) is 5.69 Å². The van der Waals surface area contributed by atoms with Gasteiger partial charge in [0.2, 0.25) is 0 Å². The molecule has 0 spiro atoms. The fraction of sp³-hybridized carbons (Fsp3) is 0.500. The molecule has 0 aromatic heterocycles. The number of nitrogens with one attached hydrogen (secondary N) is 2. The van der Waals surface area contributed by atoms with Crippen LogP contribution in [-0.4, -0.2) is 44.5 Å². The predicted molar refractivity (Wildman–Crippen MR) is 79.2 cm³/mol. The second-order valence-electron chi connectivity index (χ2n) is 5.45. The smallest absolute Gasteiger partial charge is 0.263 e. The third-order valence-electron chi connectivity index (χ3n) is 3.74. The van der Waals surface area contributed by atoms with Crippen molar-refractivity contribution in [1.82, 2.24) is 5.32 Å². The number of benzene rings is 1. The summed E-state index contributed by atoms with van der Waals surface area (Å²) in [6.07, 6.45) is 0.659. The fourth-order valence-corrected chi connectivity index (χ4v) is 4.33. The molecular weight excluding hydrogens is 292 g/mol. The van der Waals surface area contributed by atoms with Crippen molar-refractivity contribution < 1.29 is 17.9 Å². The number of carbonyl (C=O) groups is 1. The first kappa shape index (κ1) is 14.2. The third-order valence-corrected chi connectivity index (χ3v) is 5.56. The molecule has 2 heterocycles. The highest BCUT2D eigenvalue weighted by atomic mass is 32.2. The van der Waals surface area contributed by atoms with Crippen LogP contribution in [0.2, 0.25) is 0 Å². The van der Waals surface area contributed by atoms with Crippen molar-refractivity contribution in [3.05, 3.63) is 24.3 Å². The molecule has 1 amide bonds. The van der Waals surface area contributed by atoms with Crippen LogP contribution in [0, 0.1) is 0 Å². The Balaban J connectivity index is 1.62. The average molecular weight is 310 g/mol. The molecule has 2 N–H and O–H groups in total. The Morgan fingerprint density at radius 2 is 2.14 bits per heavy atom. The third kappa shape index (κ3) is 3.29. The minimum Gasteiger partial charge on any atom is -0.477 e. The van der Waals surface area contributed by atoms with Gasteiger partial charge in [0, 0.05) is 6.04 Å². The quantitative estimate of drug-likeness (QED) is 0.833. The molecular formula is C14H18N2O4S. The molecule has 0 aliphatic carbocycles. The number of ether oxygens (including phenoxy) is 1. The summed E-state index contributed by atoms with van der Waals surface area (Å²) >= 11 is 0. The lowest BCUT2D eigenvalue weighted by atomic mass is 10.1. The van der Waals surface area contributed by atoms with Gasteiger partial charge in [0.15, 0.2) is 15.9 Å². The number of carbonyl (C=O) groups excluding carboxylic acids is 1. The molecule has 114 valence electrons. The molecule has 6 nitrogen and oxygen atoms in total. The second-order valence-corrected chi connectivity index (χ2v) is 7.67. The molecule has 2 atom stereocenters. The van der Waals surface area contributed by atoms with E-state index in [4.69, 9.17) is 4.74 Å². The number of anilines is 1. The zero-order chi connectivity index (χ0) is 14.9. The van der Waals surface area contributed by atoms with Crippen LogP contribution in [0.5, 0.6) is 5.75 Å². The first-order valence-corrected chi connectivity index (χ1v) is 8.86. The summed E-state index contributed by atoms with van der Waals surface area (Å²) in [6.45, 7) is 0.377. The highest BCUT2D eigenvalue weighted by Crippen LogP contribution is 2.28. The van der Waals surface area contributed by atoms with Crippen molar-refractivity contribution in [3.8, 4) is 5.75 Å². The number of para-hydroxylation sites is 2. The molecule has 7 heteroatoms. The number of rotatable bonds is 2. The fourth-order valence-electron chi connectivity index (χ4n) is 2.69. The Morgan fingerprint density at radius 1 is 1.33 bits per heavy atom. The van der Waals surface area contributed by atoms with E-state index in [1.165, 1.54) is 0 Å². The van der Waals surface area contributed by atoms with Gasteiger partial charge in [-0.1, -0.05) is 12.1 Å². The number of amides is 1. The van der Waals surface area contributed by atoms with Crippen molar-refractivity contribution in [2.24, 2.45) is 0 Å². The van der Waals surface area contributed by atoms with Gasteiger partial charge in [0.25, 0.3) is 5.91 Å². The van der Waals surface area contributed by atoms with Crippen LogP contribution in [0.1, 0.15) is 12.8 Å². The average Bonchev–Trinajstić information content (AvgIpc) is 2.45. The summed E-state index contributed by atoms with van der Waals surface area (Å²) in [7, 11) is -3.03. The van der Waals surface area contributed by atoms with Crippen LogP contribution >= 0.6 is 0 Å². The summed E-state index contributed by atoms with van der Waals surface area (Å²) in [5, 5.41) is 5.93. The molecule has 0 saturated carbocycles. The molecule has 0 radical (unpaired) electrons. The summed E-state index contributed by atoms with van der Waals surface area (Å²) in [6, 6.07) is 7.11. The number of fused-ring (bicyclic) bond motifs is 1. The number of hydrogen-bond donors (Lipinski definition) is 2. The monoisotopic (exact) mass is 310 g/mol. The van der Waals surface area contributed by atoms with Gasteiger partial charge in [-0.25, -0.2) is 8.42 Å². The van der Waals surface area contributed by atoms with Gasteiger partial charge in [-0.05, 0) is 25.0 Å². The molecule has 1 fully saturated rings. The minimum atomic E-state index is -3.03. The van der Waals surface area contributed by atoms with Gasteiger partial charge < -0.3 is 15.4 Å². The van der Waals surface area contributed by atoms with Crippen molar-refractivity contribution in [3.63, 3.8) is 0 Å². The molecule has 2 unspecified atom stereocenters. The van der Waals surface area contributed by atoms with Crippen molar-refractivity contribution in [2.45, 2.75) is 25.0 Å². The number of hydrogen-bond acceptors (Lipinski definition) is 5. The summed E-state index contributed by atoms with van der Waals surface area (Å²) in [5.41, 5.74) is 0.863. The van der Waals surface area contributed by atoms with Gasteiger partial charge in [-0.3, -0.25) is 4.79 Å². The predicted octanol–water partition coefficient (Wildman–Crippen LogP) is 0.553. The zero-order valence-electron chi connectivity index (χ0n) is 11.5. The van der Waals surface area contributed by atoms with Gasteiger partial charge in [0.05, 0.1) is 23.7 Å². The molecule has 2 aliphatic rings. The number of sulfone groups is 1. The van der Waals surface area contributed by atoms with Crippen molar-refractivity contribution in [2.75, 3.05) is 23.4 Å². The highest BCUT2D eigenvalue weighted by molar-refractivity contribution is 7.91. The van der Waals surface area contributed by atoms with Crippen LogP contribution in [0.15, 0.2) is 24.3 Å².